The van der Waals surface area contributed by atoms with Crippen LogP contribution < -0.4 is 11.5 Å². The molecule has 2 aromatic rings. The molecular formula is C13H14N2. The van der Waals surface area contributed by atoms with Gasteiger partial charge in [0.25, 0.3) is 0 Å². The molecule has 15 heavy (non-hydrogen) atoms. The minimum atomic E-state index is 0.716. The molecule has 0 aliphatic carbocycles. The number of fused-ring (bicyclic) bond motifs is 1. The van der Waals surface area contributed by atoms with Gasteiger partial charge < -0.3 is 11.5 Å². The van der Waals surface area contributed by atoms with Crippen molar-refractivity contribution in [2.75, 3.05) is 11.5 Å². The number of rotatable bonds is 1. The van der Waals surface area contributed by atoms with E-state index < -0.39 is 0 Å². The van der Waals surface area contributed by atoms with Crippen LogP contribution >= 0.6 is 0 Å². The van der Waals surface area contributed by atoms with Gasteiger partial charge in [-0.3, -0.25) is 0 Å². The van der Waals surface area contributed by atoms with Crippen LogP contribution in [0.4, 0.5) is 11.4 Å². The van der Waals surface area contributed by atoms with Gasteiger partial charge in [0.15, 0.2) is 0 Å². The van der Waals surface area contributed by atoms with Gasteiger partial charge in [0, 0.05) is 16.8 Å². The Balaban J connectivity index is 2.95. The zero-order valence-corrected chi connectivity index (χ0v) is 8.75. The van der Waals surface area contributed by atoms with Crippen molar-refractivity contribution < 1.29 is 0 Å². The van der Waals surface area contributed by atoms with E-state index in [9.17, 15) is 0 Å². The lowest BCUT2D eigenvalue weighted by Crippen LogP contribution is -1.94. The first-order valence-electron chi connectivity index (χ1n) is 4.84. The molecule has 0 amide bonds. The van der Waals surface area contributed by atoms with Gasteiger partial charge in [-0.1, -0.05) is 30.4 Å². The molecule has 2 rings (SSSR count). The SMILES string of the molecule is C=C(C)c1ccc(N)c2c(N)cccc12. The van der Waals surface area contributed by atoms with Crippen molar-refractivity contribution in [3.8, 4) is 0 Å². The Morgan fingerprint density at radius 1 is 1.07 bits per heavy atom. The van der Waals surface area contributed by atoms with Crippen molar-refractivity contribution in [3.05, 3.63) is 42.5 Å². The molecule has 2 aromatic carbocycles. The molecule has 0 radical (unpaired) electrons. The number of anilines is 2. The first-order valence-corrected chi connectivity index (χ1v) is 4.84. The second-order valence-electron chi connectivity index (χ2n) is 3.75. The topological polar surface area (TPSA) is 52.0 Å². The summed E-state index contributed by atoms with van der Waals surface area (Å²) in [6.45, 7) is 5.93. The van der Waals surface area contributed by atoms with Crippen LogP contribution in [0.5, 0.6) is 0 Å². The molecule has 0 saturated carbocycles. The third-order valence-electron chi connectivity index (χ3n) is 2.56. The van der Waals surface area contributed by atoms with Crippen molar-refractivity contribution in [2.24, 2.45) is 0 Å². The summed E-state index contributed by atoms with van der Waals surface area (Å²) in [5.41, 5.74) is 15.4. The van der Waals surface area contributed by atoms with Crippen LogP contribution in [0.15, 0.2) is 36.9 Å². The number of nitrogens with two attached hydrogens (primary N) is 2. The zero-order valence-electron chi connectivity index (χ0n) is 8.75. The Hall–Kier alpha value is -1.96. The minimum Gasteiger partial charge on any atom is -0.398 e. The maximum atomic E-state index is 5.92. The van der Waals surface area contributed by atoms with Crippen molar-refractivity contribution in [2.45, 2.75) is 6.92 Å². The summed E-state index contributed by atoms with van der Waals surface area (Å²) in [5.74, 6) is 0. The third-order valence-corrected chi connectivity index (χ3v) is 2.56. The van der Waals surface area contributed by atoms with E-state index >= 15 is 0 Å². The maximum absolute atomic E-state index is 5.92. The number of allylic oxidation sites excluding steroid dienone is 1. The van der Waals surface area contributed by atoms with Crippen LogP contribution in [0.1, 0.15) is 12.5 Å². The largest absolute Gasteiger partial charge is 0.398 e. The number of hydrogen-bond donors (Lipinski definition) is 2. The fraction of sp³-hybridized carbons (Fsp3) is 0.0769. The van der Waals surface area contributed by atoms with Gasteiger partial charge in [0.2, 0.25) is 0 Å². The lowest BCUT2D eigenvalue weighted by atomic mass is 9.98. The van der Waals surface area contributed by atoms with Crippen LogP contribution in [-0.2, 0) is 0 Å². The first kappa shape index (κ1) is 9.59. The van der Waals surface area contributed by atoms with Gasteiger partial charge in [-0.2, -0.15) is 0 Å². The van der Waals surface area contributed by atoms with Gasteiger partial charge in [-0.15, -0.1) is 0 Å². The Labute approximate surface area is 89.2 Å². The highest BCUT2D eigenvalue weighted by molar-refractivity contribution is 6.06. The molecule has 0 heterocycles. The van der Waals surface area contributed by atoms with Crippen LogP contribution in [0, 0.1) is 0 Å². The number of hydrogen-bond acceptors (Lipinski definition) is 2. The average Bonchev–Trinajstić information content (AvgIpc) is 2.17. The molecule has 0 fully saturated rings. The summed E-state index contributed by atoms with van der Waals surface area (Å²) in [5, 5.41) is 2.00. The molecule has 0 saturated heterocycles. The van der Waals surface area contributed by atoms with E-state index in [-0.39, 0.29) is 0 Å². The predicted molar refractivity (Wildman–Crippen MR) is 67.5 cm³/mol. The fourth-order valence-electron chi connectivity index (χ4n) is 1.84. The maximum Gasteiger partial charge on any atom is 0.0415 e. The van der Waals surface area contributed by atoms with Gasteiger partial charge >= 0.3 is 0 Å². The molecule has 0 aromatic heterocycles. The Kier molecular flexibility index (Phi) is 2.12. The summed E-state index contributed by atoms with van der Waals surface area (Å²) < 4.78 is 0. The normalized spacial score (nSPS) is 10.5. The lowest BCUT2D eigenvalue weighted by molar-refractivity contribution is 1.62. The van der Waals surface area contributed by atoms with Crippen molar-refractivity contribution in [3.63, 3.8) is 0 Å². The van der Waals surface area contributed by atoms with Crippen LogP contribution in [-0.4, -0.2) is 0 Å². The van der Waals surface area contributed by atoms with Gasteiger partial charge in [0.1, 0.15) is 0 Å². The quantitative estimate of drug-likeness (QED) is 0.692. The van der Waals surface area contributed by atoms with Crippen LogP contribution in [0.25, 0.3) is 16.3 Å². The van der Waals surface area contributed by atoms with E-state index in [0.29, 0.717) is 11.4 Å². The molecule has 2 heteroatoms. The van der Waals surface area contributed by atoms with Crippen LogP contribution in [0.3, 0.4) is 0 Å². The first-order chi connectivity index (χ1) is 7.11. The lowest BCUT2D eigenvalue weighted by Gasteiger charge is -2.10. The van der Waals surface area contributed by atoms with E-state index in [4.69, 9.17) is 11.5 Å². The van der Waals surface area contributed by atoms with Gasteiger partial charge in [0.05, 0.1) is 0 Å². The summed E-state index contributed by atoms with van der Waals surface area (Å²) in [6, 6.07) is 9.68. The smallest absolute Gasteiger partial charge is 0.0415 e. The molecule has 0 aliphatic heterocycles. The molecule has 0 bridgehead atoms. The number of benzene rings is 2. The van der Waals surface area contributed by atoms with Crippen molar-refractivity contribution >= 4 is 27.7 Å². The molecular weight excluding hydrogens is 184 g/mol. The molecule has 0 spiro atoms. The number of nitrogen functional groups attached to an aromatic ring is 2. The molecule has 76 valence electrons. The Morgan fingerprint density at radius 2 is 1.73 bits per heavy atom. The molecule has 0 aliphatic rings. The van der Waals surface area contributed by atoms with Gasteiger partial charge in [-0.05, 0) is 30.0 Å². The molecule has 2 nitrogen and oxygen atoms in total. The molecule has 0 atom stereocenters. The Morgan fingerprint density at radius 3 is 2.40 bits per heavy atom. The van der Waals surface area contributed by atoms with E-state index in [1.54, 1.807) is 0 Å². The minimum absolute atomic E-state index is 0.716. The van der Waals surface area contributed by atoms with Crippen LogP contribution in [0.2, 0.25) is 0 Å². The Bertz CT molecular complexity index is 533. The second kappa shape index (κ2) is 3.31. The van der Waals surface area contributed by atoms with Crippen molar-refractivity contribution in [1.82, 2.24) is 0 Å². The third kappa shape index (κ3) is 1.44. The monoisotopic (exact) mass is 198 g/mol. The summed E-state index contributed by atoms with van der Waals surface area (Å²) >= 11 is 0. The standard InChI is InChI=1S/C13H14N2/c1-8(2)9-6-7-12(15)13-10(9)4-3-5-11(13)14/h3-7H,1,14-15H2,2H3. The second-order valence-corrected chi connectivity index (χ2v) is 3.75. The zero-order chi connectivity index (χ0) is 11.0. The molecule has 4 N–H and O–H groups in total. The predicted octanol–water partition coefficient (Wildman–Crippen LogP) is 3.04. The van der Waals surface area contributed by atoms with Crippen molar-refractivity contribution in [1.29, 1.82) is 0 Å². The highest BCUT2D eigenvalue weighted by Crippen LogP contribution is 2.32. The van der Waals surface area contributed by atoms with E-state index in [1.165, 1.54) is 0 Å². The average molecular weight is 198 g/mol. The van der Waals surface area contributed by atoms with Gasteiger partial charge in [-0.25, -0.2) is 0 Å². The van der Waals surface area contributed by atoms with E-state index in [0.717, 1.165) is 21.9 Å². The summed E-state index contributed by atoms with van der Waals surface area (Å²) in [7, 11) is 0. The highest BCUT2D eigenvalue weighted by Gasteiger charge is 2.06. The van der Waals surface area contributed by atoms with E-state index in [2.05, 4.69) is 6.58 Å². The summed E-state index contributed by atoms with van der Waals surface area (Å²) in [4.78, 5) is 0. The summed E-state index contributed by atoms with van der Waals surface area (Å²) in [6.07, 6.45) is 0. The van der Waals surface area contributed by atoms with E-state index in [1.807, 2.05) is 37.3 Å². The molecule has 0 unspecified atom stereocenters. The fourth-order valence-corrected chi connectivity index (χ4v) is 1.84. The highest BCUT2D eigenvalue weighted by atomic mass is 14.6.